The highest BCUT2D eigenvalue weighted by atomic mass is 16.2. The van der Waals surface area contributed by atoms with Crippen molar-refractivity contribution in [2.45, 2.75) is 26.1 Å². The molecular weight excluding hydrogens is 267 g/mol. The molecule has 108 valence electrons. The largest absolute Gasteiger partial charge is 0.446 e. The molecule has 0 heterocycles. The second-order valence-electron chi connectivity index (χ2n) is 6.78. The average molecular weight is 286 g/mol. The Bertz CT molecular complexity index is 893. The Kier molecular flexibility index (Phi) is 2.76. The summed E-state index contributed by atoms with van der Waals surface area (Å²) >= 11 is 0. The Morgan fingerprint density at radius 1 is 0.864 bits per heavy atom. The van der Waals surface area contributed by atoms with Gasteiger partial charge in [0.1, 0.15) is 0 Å². The van der Waals surface area contributed by atoms with Crippen LogP contribution < -0.4 is 5.46 Å². The predicted octanol–water partition coefficient (Wildman–Crippen LogP) is 3.97. The lowest BCUT2D eigenvalue weighted by atomic mass is 9.61. The lowest BCUT2D eigenvalue weighted by Crippen LogP contribution is -2.29. The molecule has 1 N–H and O–H groups in total. The summed E-state index contributed by atoms with van der Waals surface area (Å²) in [7, 11) is 0. The first-order chi connectivity index (χ1) is 10.5. The average Bonchev–Trinajstić information content (AvgIpc) is 2.75. The minimum Gasteiger partial charge on any atom is -0.446 e. The van der Waals surface area contributed by atoms with Crippen molar-refractivity contribution in [3.63, 3.8) is 0 Å². The van der Waals surface area contributed by atoms with Gasteiger partial charge in [-0.1, -0.05) is 75.3 Å². The molecule has 2 heteroatoms. The van der Waals surface area contributed by atoms with Crippen LogP contribution in [-0.4, -0.2) is 11.9 Å². The topological polar surface area (TPSA) is 20.2 Å². The van der Waals surface area contributed by atoms with E-state index in [2.05, 4.69) is 62.4 Å². The van der Waals surface area contributed by atoms with Gasteiger partial charge in [-0.05, 0) is 38.5 Å². The molecule has 0 saturated carbocycles. The van der Waals surface area contributed by atoms with Crippen LogP contribution in [0.3, 0.4) is 0 Å². The third kappa shape index (κ3) is 1.65. The number of hydrogen-bond donors (Lipinski definition) is 1. The maximum Gasteiger partial charge on any atom is 0.321 e. The van der Waals surface area contributed by atoms with Gasteiger partial charge in [0.05, 0.1) is 0 Å². The first-order valence-corrected chi connectivity index (χ1v) is 7.86. The molecule has 3 aromatic rings. The van der Waals surface area contributed by atoms with Crippen LogP contribution in [0, 0.1) is 0 Å². The van der Waals surface area contributed by atoms with Crippen molar-refractivity contribution in [2.24, 2.45) is 0 Å². The first kappa shape index (κ1) is 13.6. The van der Waals surface area contributed by atoms with Gasteiger partial charge in [0, 0.05) is 5.41 Å². The first-order valence-electron chi connectivity index (χ1n) is 7.86. The minimum absolute atomic E-state index is 0.0282. The van der Waals surface area contributed by atoms with Crippen molar-refractivity contribution in [2.75, 3.05) is 0 Å². The molecule has 0 amide bonds. The van der Waals surface area contributed by atoms with E-state index in [1.807, 2.05) is 12.9 Å². The molecule has 0 radical (unpaired) electrons. The van der Waals surface area contributed by atoms with E-state index in [0.29, 0.717) is 0 Å². The highest BCUT2D eigenvalue weighted by Gasteiger charge is 2.37. The van der Waals surface area contributed by atoms with Gasteiger partial charge in [-0.2, -0.15) is 0 Å². The zero-order valence-corrected chi connectivity index (χ0v) is 13.2. The normalized spacial score (nSPS) is 14.7. The Hall–Kier alpha value is -2.06. The van der Waals surface area contributed by atoms with Crippen molar-refractivity contribution in [1.29, 1.82) is 0 Å². The van der Waals surface area contributed by atoms with Crippen molar-refractivity contribution in [3.8, 4) is 11.1 Å². The van der Waals surface area contributed by atoms with Gasteiger partial charge in [0.15, 0.2) is 0 Å². The quantitative estimate of drug-likeness (QED) is 0.671. The van der Waals surface area contributed by atoms with E-state index in [1.165, 1.54) is 27.6 Å². The van der Waals surface area contributed by atoms with E-state index >= 15 is 0 Å². The van der Waals surface area contributed by atoms with Gasteiger partial charge in [-0.25, -0.2) is 0 Å². The Balaban J connectivity index is 2.21. The third-order valence-corrected chi connectivity index (χ3v) is 5.07. The fraction of sp³-hybridized carbons (Fsp3) is 0.200. The van der Waals surface area contributed by atoms with Gasteiger partial charge >= 0.3 is 6.92 Å². The molecule has 4 rings (SSSR count). The number of hydrogen-bond acceptors (Lipinski definition) is 1. The van der Waals surface area contributed by atoms with E-state index in [-0.39, 0.29) is 5.41 Å². The fourth-order valence-electron chi connectivity index (χ4n) is 3.92. The molecule has 1 aliphatic rings. The Morgan fingerprint density at radius 3 is 2.23 bits per heavy atom. The van der Waals surface area contributed by atoms with Crippen molar-refractivity contribution >= 4 is 23.2 Å². The van der Waals surface area contributed by atoms with E-state index < -0.39 is 6.92 Å². The van der Waals surface area contributed by atoms with Crippen LogP contribution in [0.25, 0.3) is 21.9 Å². The lowest BCUT2D eigenvalue weighted by Gasteiger charge is -2.23. The van der Waals surface area contributed by atoms with Crippen molar-refractivity contribution in [3.05, 3.63) is 65.7 Å². The van der Waals surface area contributed by atoms with E-state index in [9.17, 15) is 5.02 Å². The second-order valence-corrected chi connectivity index (χ2v) is 6.78. The summed E-state index contributed by atoms with van der Waals surface area (Å²) in [6.45, 7) is 5.94. The highest BCUT2D eigenvalue weighted by Crippen LogP contribution is 2.50. The van der Waals surface area contributed by atoms with Gasteiger partial charge < -0.3 is 5.02 Å². The van der Waals surface area contributed by atoms with Crippen LogP contribution in [0.5, 0.6) is 0 Å². The molecule has 3 aromatic carbocycles. The summed E-state index contributed by atoms with van der Waals surface area (Å²) in [6.07, 6.45) is 0. The SMILES string of the molecule is CB(O)c1cc2c(c3ccccc13)-c1ccccc1C2(C)C. The van der Waals surface area contributed by atoms with Crippen LogP contribution in [0.4, 0.5) is 0 Å². The highest BCUT2D eigenvalue weighted by molar-refractivity contribution is 6.67. The van der Waals surface area contributed by atoms with E-state index in [1.54, 1.807) is 0 Å². The third-order valence-electron chi connectivity index (χ3n) is 5.07. The lowest BCUT2D eigenvalue weighted by molar-refractivity contribution is 0.594. The smallest absolute Gasteiger partial charge is 0.321 e. The summed E-state index contributed by atoms with van der Waals surface area (Å²) in [5, 5.41) is 12.6. The summed E-state index contributed by atoms with van der Waals surface area (Å²) in [4.78, 5) is 0. The maximum absolute atomic E-state index is 10.2. The molecule has 0 aliphatic heterocycles. The maximum atomic E-state index is 10.2. The minimum atomic E-state index is -0.463. The van der Waals surface area contributed by atoms with Crippen molar-refractivity contribution in [1.82, 2.24) is 0 Å². The standard InChI is InChI=1S/C20H19BO/c1-20(2)16-11-7-6-10-15(16)19-14-9-5-4-8-13(14)18(21(3)22)12-17(19)20/h4-12,22H,1-3H3. The van der Waals surface area contributed by atoms with Crippen molar-refractivity contribution < 1.29 is 5.02 Å². The predicted molar refractivity (Wildman–Crippen MR) is 95.0 cm³/mol. The van der Waals surface area contributed by atoms with Crippen LogP contribution in [0.1, 0.15) is 25.0 Å². The molecule has 0 aromatic heterocycles. The zero-order valence-electron chi connectivity index (χ0n) is 13.2. The zero-order chi connectivity index (χ0) is 15.5. The summed E-state index contributed by atoms with van der Waals surface area (Å²) in [6, 6.07) is 19.3. The molecular formula is C20H19BO. The van der Waals surface area contributed by atoms with Gasteiger partial charge in [-0.15, -0.1) is 0 Å². The van der Waals surface area contributed by atoms with Crippen LogP contribution in [-0.2, 0) is 5.41 Å². The molecule has 1 aliphatic carbocycles. The molecule has 1 nitrogen and oxygen atoms in total. The molecule has 0 unspecified atom stereocenters. The van der Waals surface area contributed by atoms with Gasteiger partial charge in [0.25, 0.3) is 0 Å². The second kappa shape index (κ2) is 4.47. The summed E-state index contributed by atoms with van der Waals surface area (Å²) < 4.78 is 0. The molecule has 0 spiro atoms. The molecule has 22 heavy (non-hydrogen) atoms. The molecule has 0 bridgehead atoms. The molecule has 0 atom stereocenters. The fourth-order valence-corrected chi connectivity index (χ4v) is 3.92. The Labute approximate surface area is 131 Å². The van der Waals surface area contributed by atoms with E-state index in [4.69, 9.17) is 0 Å². The molecule has 0 fully saturated rings. The summed E-state index contributed by atoms with van der Waals surface area (Å²) in [5.74, 6) is 0. The molecule has 0 saturated heterocycles. The van der Waals surface area contributed by atoms with Crippen LogP contribution in [0.2, 0.25) is 6.82 Å². The van der Waals surface area contributed by atoms with E-state index in [0.717, 1.165) is 10.8 Å². The number of benzene rings is 3. The van der Waals surface area contributed by atoms with Crippen LogP contribution in [0.15, 0.2) is 54.6 Å². The number of fused-ring (bicyclic) bond motifs is 5. The van der Waals surface area contributed by atoms with Gasteiger partial charge in [-0.3, -0.25) is 0 Å². The number of rotatable bonds is 1. The van der Waals surface area contributed by atoms with Crippen LogP contribution >= 0.6 is 0 Å². The Morgan fingerprint density at radius 2 is 1.50 bits per heavy atom. The van der Waals surface area contributed by atoms with Gasteiger partial charge in [0.2, 0.25) is 0 Å². The monoisotopic (exact) mass is 286 g/mol. The summed E-state index contributed by atoms with van der Waals surface area (Å²) in [5.41, 5.74) is 6.35.